The van der Waals surface area contributed by atoms with E-state index in [0.717, 1.165) is 21.9 Å². The van der Waals surface area contributed by atoms with Gasteiger partial charge in [0.05, 0.1) is 10.6 Å². The lowest BCUT2D eigenvalue weighted by Gasteiger charge is -2.32. The Morgan fingerprint density at radius 1 is 0.949 bits per heavy atom. The first-order chi connectivity index (χ1) is 18.4. The fourth-order valence-corrected chi connectivity index (χ4v) is 5.55. The fraction of sp³-hybridized carbons (Fsp3) is 0.310. The third-order valence-corrected chi connectivity index (χ3v) is 8.94. The second-order valence-electron chi connectivity index (χ2n) is 9.40. The van der Waals surface area contributed by atoms with Crippen molar-refractivity contribution in [1.29, 1.82) is 0 Å². The average Bonchev–Trinajstić information content (AvgIpc) is 2.92. The molecule has 3 aromatic carbocycles. The minimum absolute atomic E-state index is 0.0290. The molecule has 0 fully saturated rings. The standard InChI is InChI=1S/C29H33Cl2N3O4S/c1-5-21(3)32-29(36)22(4)33(18-23-12-14-24(30)15-13-23)28(35)19-34(25-16-11-20(2)27(31)17-25)39(37,38)26-9-7-6-8-10-26/h6-17,21-22H,5,18-19H2,1-4H3,(H,32,36)/t21-,22+/m0/s1. The molecule has 0 radical (unpaired) electrons. The Labute approximate surface area is 240 Å². The van der Waals surface area contributed by atoms with Crippen molar-refractivity contribution in [2.24, 2.45) is 0 Å². The van der Waals surface area contributed by atoms with Crippen molar-refractivity contribution in [2.75, 3.05) is 10.8 Å². The number of halogens is 2. The second-order valence-corrected chi connectivity index (χ2v) is 12.1. The highest BCUT2D eigenvalue weighted by Gasteiger charge is 2.33. The summed E-state index contributed by atoms with van der Waals surface area (Å²) in [5, 5.41) is 3.82. The summed E-state index contributed by atoms with van der Waals surface area (Å²) in [6.45, 7) is 6.81. The number of sulfonamides is 1. The normalized spacial score (nSPS) is 12.9. The molecule has 0 saturated carbocycles. The van der Waals surface area contributed by atoms with Crippen molar-refractivity contribution in [3.05, 3.63) is 94.0 Å². The summed E-state index contributed by atoms with van der Waals surface area (Å²) < 4.78 is 28.6. The first-order valence-corrected chi connectivity index (χ1v) is 14.8. The van der Waals surface area contributed by atoms with E-state index in [0.29, 0.717) is 10.0 Å². The molecule has 3 rings (SSSR count). The summed E-state index contributed by atoms with van der Waals surface area (Å²) in [4.78, 5) is 28.4. The van der Waals surface area contributed by atoms with E-state index in [1.165, 1.54) is 23.1 Å². The maximum Gasteiger partial charge on any atom is 0.264 e. The number of hydrogen-bond acceptors (Lipinski definition) is 4. The lowest BCUT2D eigenvalue weighted by Crippen LogP contribution is -2.52. The van der Waals surface area contributed by atoms with E-state index in [2.05, 4.69) is 5.32 Å². The van der Waals surface area contributed by atoms with Crippen molar-refractivity contribution >= 4 is 50.7 Å². The molecule has 0 aliphatic heterocycles. The van der Waals surface area contributed by atoms with Crippen molar-refractivity contribution < 1.29 is 18.0 Å². The summed E-state index contributed by atoms with van der Waals surface area (Å²) in [5.74, 6) is -0.879. The Bertz CT molecular complexity index is 1400. The predicted molar refractivity (Wildman–Crippen MR) is 157 cm³/mol. The van der Waals surface area contributed by atoms with Crippen LogP contribution in [0.2, 0.25) is 10.0 Å². The Balaban J connectivity index is 2.03. The van der Waals surface area contributed by atoms with Crippen molar-refractivity contribution in [3.8, 4) is 0 Å². The molecule has 208 valence electrons. The van der Waals surface area contributed by atoms with Gasteiger partial charge in [0.1, 0.15) is 12.6 Å². The average molecular weight is 591 g/mol. The molecule has 0 heterocycles. The Morgan fingerprint density at radius 2 is 1.59 bits per heavy atom. The van der Waals surface area contributed by atoms with Crippen LogP contribution in [0.3, 0.4) is 0 Å². The summed E-state index contributed by atoms with van der Waals surface area (Å²) >= 11 is 12.4. The van der Waals surface area contributed by atoms with Crippen LogP contribution in [0.1, 0.15) is 38.3 Å². The zero-order valence-corrected chi connectivity index (χ0v) is 24.7. The molecule has 2 atom stereocenters. The smallest absolute Gasteiger partial charge is 0.264 e. The zero-order valence-electron chi connectivity index (χ0n) is 22.4. The van der Waals surface area contributed by atoms with Gasteiger partial charge in [-0.1, -0.05) is 66.5 Å². The maximum absolute atomic E-state index is 13.9. The zero-order chi connectivity index (χ0) is 28.7. The van der Waals surface area contributed by atoms with Crippen molar-refractivity contribution in [2.45, 2.75) is 57.6 Å². The largest absolute Gasteiger partial charge is 0.352 e. The molecule has 10 heteroatoms. The molecule has 0 aromatic heterocycles. The summed E-state index contributed by atoms with van der Waals surface area (Å²) in [7, 11) is -4.15. The molecule has 2 amide bonds. The Morgan fingerprint density at radius 3 is 2.18 bits per heavy atom. The van der Waals surface area contributed by atoms with Crippen LogP contribution in [-0.2, 0) is 26.2 Å². The molecule has 0 aliphatic rings. The van der Waals surface area contributed by atoms with Gasteiger partial charge in [0, 0.05) is 22.6 Å². The Hall–Kier alpha value is -3.07. The van der Waals surface area contributed by atoms with Crippen LogP contribution >= 0.6 is 23.2 Å². The predicted octanol–water partition coefficient (Wildman–Crippen LogP) is 5.83. The second kappa shape index (κ2) is 13.3. The minimum Gasteiger partial charge on any atom is -0.352 e. The lowest BCUT2D eigenvalue weighted by atomic mass is 10.1. The molecule has 39 heavy (non-hydrogen) atoms. The van der Waals surface area contributed by atoms with Gasteiger partial charge in [-0.15, -0.1) is 0 Å². The van der Waals surface area contributed by atoms with E-state index in [9.17, 15) is 18.0 Å². The number of aryl methyl sites for hydroxylation is 1. The van der Waals surface area contributed by atoms with Gasteiger partial charge in [-0.2, -0.15) is 0 Å². The van der Waals surface area contributed by atoms with Gasteiger partial charge in [-0.25, -0.2) is 8.42 Å². The summed E-state index contributed by atoms with van der Waals surface area (Å²) in [6.07, 6.45) is 0.723. The van der Waals surface area contributed by atoms with Crippen LogP contribution in [0, 0.1) is 6.92 Å². The number of hydrogen-bond donors (Lipinski definition) is 1. The molecule has 0 aliphatic carbocycles. The summed E-state index contributed by atoms with van der Waals surface area (Å²) in [5.41, 5.74) is 1.75. The van der Waals surface area contributed by atoms with E-state index >= 15 is 0 Å². The highest BCUT2D eigenvalue weighted by Crippen LogP contribution is 2.28. The van der Waals surface area contributed by atoms with Gasteiger partial charge >= 0.3 is 0 Å². The van der Waals surface area contributed by atoms with Gasteiger partial charge in [-0.3, -0.25) is 13.9 Å². The van der Waals surface area contributed by atoms with Gasteiger partial charge < -0.3 is 10.2 Å². The first-order valence-electron chi connectivity index (χ1n) is 12.6. The van der Waals surface area contributed by atoms with Gasteiger partial charge in [-0.05, 0) is 74.7 Å². The van der Waals surface area contributed by atoms with Gasteiger partial charge in [0.15, 0.2) is 0 Å². The van der Waals surface area contributed by atoms with Crippen molar-refractivity contribution in [3.63, 3.8) is 0 Å². The molecule has 0 spiro atoms. The lowest BCUT2D eigenvalue weighted by molar-refractivity contribution is -0.139. The topological polar surface area (TPSA) is 86.8 Å². The van der Waals surface area contributed by atoms with Crippen molar-refractivity contribution in [1.82, 2.24) is 10.2 Å². The van der Waals surface area contributed by atoms with E-state index in [1.807, 2.05) is 13.8 Å². The highest BCUT2D eigenvalue weighted by molar-refractivity contribution is 7.92. The number of nitrogens with zero attached hydrogens (tertiary/aromatic N) is 2. The molecule has 1 N–H and O–H groups in total. The molecule has 7 nitrogen and oxygen atoms in total. The Kier molecular flexibility index (Phi) is 10.4. The monoisotopic (exact) mass is 589 g/mol. The van der Waals surface area contributed by atoms with Gasteiger partial charge in [0.25, 0.3) is 10.0 Å². The quantitative estimate of drug-likeness (QED) is 0.305. The number of rotatable bonds is 11. The van der Waals surface area contributed by atoms with Crippen LogP contribution in [-0.4, -0.2) is 43.8 Å². The number of amides is 2. The van der Waals surface area contributed by atoms with Crippen LogP contribution in [0.4, 0.5) is 5.69 Å². The minimum atomic E-state index is -4.15. The molecular weight excluding hydrogens is 557 g/mol. The SMILES string of the molecule is CC[C@H](C)NC(=O)[C@@H](C)N(Cc1ccc(Cl)cc1)C(=O)CN(c1ccc(C)c(Cl)c1)S(=O)(=O)c1ccccc1. The number of nitrogens with one attached hydrogen (secondary N) is 1. The van der Waals surface area contributed by atoms with Crippen LogP contribution in [0.15, 0.2) is 77.7 Å². The van der Waals surface area contributed by atoms with E-state index in [-0.39, 0.29) is 29.1 Å². The fourth-order valence-electron chi connectivity index (χ4n) is 3.82. The van der Waals surface area contributed by atoms with E-state index in [4.69, 9.17) is 23.2 Å². The third kappa shape index (κ3) is 7.75. The highest BCUT2D eigenvalue weighted by atomic mass is 35.5. The van der Waals surface area contributed by atoms with E-state index in [1.54, 1.807) is 68.4 Å². The van der Waals surface area contributed by atoms with E-state index < -0.39 is 28.5 Å². The number of carbonyl (C=O) groups excluding carboxylic acids is 2. The molecule has 0 unspecified atom stereocenters. The molecule has 0 bridgehead atoms. The third-order valence-electron chi connectivity index (χ3n) is 6.49. The molecule has 0 saturated heterocycles. The van der Waals surface area contributed by atoms with Crippen LogP contribution in [0.25, 0.3) is 0 Å². The van der Waals surface area contributed by atoms with Gasteiger partial charge in [0.2, 0.25) is 11.8 Å². The van der Waals surface area contributed by atoms with Crippen LogP contribution < -0.4 is 9.62 Å². The number of carbonyl (C=O) groups is 2. The first kappa shape index (κ1) is 30.5. The maximum atomic E-state index is 13.9. The van der Waals surface area contributed by atoms with Crippen LogP contribution in [0.5, 0.6) is 0 Å². The number of benzene rings is 3. The number of anilines is 1. The molecular formula is C29H33Cl2N3O4S. The summed E-state index contributed by atoms with van der Waals surface area (Å²) in [6, 6.07) is 18.7. The molecule has 3 aromatic rings.